The first-order valence-electron chi connectivity index (χ1n) is 7.15. The molecule has 1 aromatic heterocycles. The van der Waals surface area contributed by atoms with Gasteiger partial charge < -0.3 is 13.9 Å². The summed E-state index contributed by atoms with van der Waals surface area (Å²) >= 11 is 0. The summed E-state index contributed by atoms with van der Waals surface area (Å²) in [6, 6.07) is 10.4. The zero-order valence-corrected chi connectivity index (χ0v) is 13.2. The van der Waals surface area contributed by atoms with Crippen molar-refractivity contribution in [3.63, 3.8) is 0 Å². The lowest BCUT2D eigenvalue weighted by Crippen LogP contribution is -2.25. The highest BCUT2D eigenvalue weighted by Crippen LogP contribution is 2.32. The van der Waals surface area contributed by atoms with E-state index in [2.05, 4.69) is 5.92 Å². The van der Waals surface area contributed by atoms with Crippen LogP contribution in [0.4, 0.5) is 0 Å². The van der Waals surface area contributed by atoms with Crippen LogP contribution in [0.25, 0.3) is 21.9 Å². The monoisotopic (exact) mass is 308 g/mol. The fourth-order valence-electron chi connectivity index (χ4n) is 2.41. The van der Waals surface area contributed by atoms with Gasteiger partial charge >= 0.3 is 0 Å². The molecule has 23 heavy (non-hydrogen) atoms. The van der Waals surface area contributed by atoms with Gasteiger partial charge in [0.05, 0.1) is 12.5 Å². The lowest BCUT2D eigenvalue weighted by atomic mass is 10.1. The summed E-state index contributed by atoms with van der Waals surface area (Å²) < 4.78 is 17.0. The molecular formula is C19H16O4. The van der Waals surface area contributed by atoms with Gasteiger partial charge in [0, 0.05) is 12.1 Å². The SMILES string of the molecule is C#CC(C)(C)Oc1cc(OC)c2c(=O)c3ccccc3oc2c1. The third-order valence-electron chi connectivity index (χ3n) is 3.56. The molecule has 0 spiro atoms. The number of methoxy groups -OCH3 is 1. The minimum Gasteiger partial charge on any atom is -0.496 e. The van der Waals surface area contributed by atoms with E-state index >= 15 is 0 Å². The van der Waals surface area contributed by atoms with Crippen LogP contribution in [0.5, 0.6) is 11.5 Å². The summed E-state index contributed by atoms with van der Waals surface area (Å²) in [6.07, 6.45) is 5.46. The van der Waals surface area contributed by atoms with Crippen molar-refractivity contribution >= 4 is 21.9 Å². The predicted molar refractivity (Wildman–Crippen MR) is 90.1 cm³/mol. The summed E-state index contributed by atoms with van der Waals surface area (Å²) in [6.45, 7) is 3.56. The number of hydrogen-bond donors (Lipinski definition) is 0. The van der Waals surface area contributed by atoms with E-state index in [1.54, 1.807) is 44.2 Å². The molecule has 0 aliphatic heterocycles. The van der Waals surface area contributed by atoms with Crippen molar-refractivity contribution in [3.05, 3.63) is 46.6 Å². The van der Waals surface area contributed by atoms with Crippen LogP contribution in [0.1, 0.15) is 13.8 Å². The minimum atomic E-state index is -0.782. The maximum absolute atomic E-state index is 12.7. The molecule has 0 aliphatic carbocycles. The predicted octanol–water partition coefficient (Wildman–Crippen LogP) is 3.75. The number of rotatable bonds is 3. The average molecular weight is 308 g/mol. The van der Waals surface area contributed by atoms with Crippen LogP contribution < -0.4 is 14.9 Å². The highest BCUT2D eigenvalue weighted by Gasteiger charge is 2.19. The van der Waals surface area contributed by atoms with E-state index in [-0.39, 0.29) is 5.43 Å². The van der Waals surface area contributed by atoms with Crippen molar-refractivity contribution in [1.82, 2.24) is 0 Å². The van der Waals surface area contributed by atoms with Crippen molar-refractivity contribution in [3.8, 4) is 23.8 Å². The maximum atomic E-state index is 12.7. The molecule has 0 atom stereocenters. The first-order valence-corrected chi connectivity index (χ1v) is 7.15. The molecule has 0 N–H and O–H groups in total. The highest BCUT2D eigenvalue weighted by molar-refractivity contribution is 5.93. The summed E-state index contributed by atoms with van der Waals surface area (Å²) in [5.41, 5.74) is -0.00622. The Kier molecular flexibility index (Phi) is 3.49. The molecule has 0 unspecified atom stereocenters. The van der Waals surface area contributed by atoms with Gasteiger partial charge in [-0.1, -0.05) is 18.1 Å². The molecule has 0 aliphatic rings. The van der Waals surface area contributed by atoms with Crippen LogP contribution in [0.2, 0.25) is 0 Å². The Labute approximate surface area is 133 Å². The standard InChI is InChI=1S/C19H16O4/c1-5-19(2,3)23-12-10-15(21-4)17-16(11-12)22-14-9-7-6-8-13(14)18(17)20/h1,6-11H,2-4H3. The number of ether oxygens (including phenoxy) is 2. The van der Waals surface area contributed by atoms with Crippen LogP contribution in [0.3, 0.4) is 0 Å². The van der Waals surface area contributed by atoms with Crippen LogP contribution in [-0.2, 0) is 0 Å². The van der Waals surface area contributed by atoms with Crippen molar-refractivity contribution in [2.45, 2.75) is 19.4 Å². The highest BCUT2D eigenvalue weighted by atomic mass is 16.5. The van der Waals surface area contributed by atoms with Gasteiger partial charge in [-0.15, -0.1) is 6.42 Å². The zero-order chi connectivity index (χ0) is 16.6. The lowest BCUT2D eigenvalue weighted by Gasteiger charge is -2.20. The van der Waals surface area contributed by atoms with E-state index in [1.807, 2.05) is 6.07 Å². The number of para-hydroxylation sites is 1. The van der Waals surface area contributed by atoms with Crippen molar-refractivity contribution in [2.24, 2.45) is 0 Å². The molecule has 3 rings (SSSR count). The first kappa shape index (κ1) is 15.0. The van der Waals surface area contributed by atoms with Gasteiger partial charge in [0.2, 0.25) is 5.43 Å². The molecule has 0 amide bonds. The van der Waals surface area contributed by atoms with E-state index in [1.165, 1.54) is 7.11 Å². The van der Waals surface area contributed by atoms with Crippen LogP contribution in [0, 0.1) is 12.3 Å². The number of fused-ring (bicyclic) bond motifs is 2. The second-order valence-corrected chi connectivity index (χ2v) is 5.68. The quantitative estimate of drug-likeness (QED) is 0.546. The Morgan fingerprint density at radius 3 is 2.61 bits per heavy atom. The van der Waals surface area contributed by atoms with E-state index in [4.69, 9.17) is 20.3 Å². The van der Waals surface area contributed by atoms with Crippen LogP contribution >= 0.6 is 0 Å². The molecule has 4 heteroatoms. The zero-order valence-electron chi connectivity index (χ0n) is 13.2. The summed E-state index contributed by atoms with van der Waals surface area (Å²) in [4.78, 5) is 12.7. The van der Waals surface area contributed by atoms with Crippen molar-refractivity contribution < 1.29 is 13.9 Å². The van der Waals surface area contributed by atoms with E-state index < -0.39 is 5.60 Å². The minimum absolute atomic E-state index is 0.138. The molecular weight excluding hydrogens is 292 g/mol. The smallest absolute Gasteiger partial charge is 0.204 e. The molecule has 0 saturated carbocycles. The molecule has 0 radical (unpaired) electrons. The molecule has 116 valence electrons. The normalized spacial score (nSPS) is 11.4. The fraction of sp³-hybridized carbons (Fsp3) is 0.211. The van der Waals surface area contributed by atoms with Gasteiger partial charge in [0.15, 0.2) is 5.60 Å². The Balaban J connectivity index is 2.32. The second kappa shape index (κ2) is 5.36. The molecule has 1 heterocycles. The molecule has 0 bridgehead atoms. The van der Waals surface area contributed by atoms with Crippen molar-refractivity contribution in [2.75, 3.05) is 7.11 Å². The maximum Gasteiger partial charge on any atom is 0.204 e. The molecule has 0 saturated heterocycles. The molecule has 2 aromatic carbocycles. The van der Waals surface area contributed by atoms with Crippen LogP contribution in [-0.4, -0.2) is 12.7 Å². The van der Waals surface area contributed by atoms with E-state index in [0.717, 1.165) is 0 Å². The Hall–Kier alpha value is -2.93. The number of benzene rings is 2. The summed E-state index contributed by atoms with van der Waals surface area (Å²) in [5.74, 6) is 3.44. The van der Waals surface area contributed by atoms with Crippen molar-refractivity contribution in [1.29, 1.82) is 0 Å². The molecule has 4 nitrogen and oxygen atoms in total. The number of hydrogen-bond acceptors (Lipinski definition) is 4. The fourth-order valence-corrected chi connectivity index (χ4v) is 2.41. The van der Waals surface area contributed by atoms with E-state index in [9.17, 15) is 4.79 Å². The van der Waals surface area contributed by atoms with Gasteiger partial charge in [-0.25, -0.2) is 0 Å². The average Bonchev–Trinajstić information content (AvgIpc) is 2.53. The summed E-state index contributed by atoms with van der Waals surface area (Å²) in [5, 5.41) is 0.896. The summed E-state index contributed by atoms with van der Waals surface area (Å²) in [7, 11) is 1.50. The van der Waals surface area contributed by atoms with Gasteiger partial charge in [0.25, 0.3) is 0 Å². The third-order valence-corrected chi connectivity index (χ3v) is 3.56. The number of terminal acetylenes is 1. The lowest BCUT2D eigenvalue weighted by molar-refractivity contribution is 0.172. The van der Waals surface area contributed by atoms with Gasteiger partial charge in [-0.05, 0) is 26.0 Å². The molecule has 3 aromatic rings. The Morgan fingerprint density at radius 1 is 1.17 bits per heavy atom. The van der Waals surface area contributed by atoms with Gasteiger partial charge in [-0.2, -0.15) is 0 Å². The molecule has 0 fully saturated rings. The third kappa shape index (κ3) is 2.62. The second-order valence-electron chi connectivity index (χ2n) is 5.68. The Bertz CT molecular complexity index is 990. The largest absolute Gasteiger partial charge is 0.496 e. The van der Waals surface area contributed by atoms with Gasteiger partial charge in [0.1, 0.15) is 28.1 Å². The topological polar surface area (TPSA) is 48.7 Å². The van der Waals surface area contributed by atoms with Crippen LogP contribution in [0.15, 0.2) is 45.6 Å². The van der Waals surface area contributed by atoms with Gasteiger partial charge in [-0.3, -0.25) is 4.79 Å². The van der Waals surface area contributed by atoms with E-state index in [0.29, 0.717) is 33.4 Å². The first-order chi connectivity index (χ1) is 10.9. The Morgan fingerprint density at radius 2 is 1.91 bits per heavy atom.